The second-order valence-electron chi connectivity index (χ2n) is 5.98. The molecule has 0 bridgehead atoms. The minimum Gasteiger partial charge on any atom is -0.350 e. The Morgan fingerprint density at radius 2 is 1.77 bits per heavy atom. The van der Waals surface area contributed by atoms with E-state index < -0.39 is 0 Å². The van der Waals surface area contributed by atoms with Gasteiger partial charge in [0.15, 0.2) is 0 Å². The van der Waals surface area contributed by atoms with Gasteiger partial charge in [0.05, 0.1) is 17.4 Å². The van der Waals surface area contributed by atoms with Crippen molar-refractivity contribution >= 4 is 5.95 Å². The lowest BCUT2D eigenvalue weighted by atomic mass is 10.2. The zero-order chi connectivity index (χ0) is 17.8. The number of pyridine rings is 1. The Morgan fingerprint density at radius 3 is 2.54 bits per heavy atom. The standard InChI is InChI=1S/C20H18N6/c1-15-9-18(14-21-10-15)26-8-7-22-19(26)17-12-24-20(25-13-17)23-11-16-5-3-2-4-6-16/h2-10,12-14H,11H2,1H3,(H,23,24,25). The molecule has 3 heterocycles. The highest BCUT2D eigenvalue weighted by Gasteiger charge is 2.09. The summed E-state index contributed by atoms with van der Waals surface area (Å²) in [6.45, 7) is 2.70. The molecule has 0 aliphatic carbocycles. The summed E-state index contributed by atoms with van der Waals surface area (Å²) in [5.41, 5.74) is 4.09. The molecule has 26 heavy (non-hydrogen) atoms. The highest BCUT2D eigenvalue weighted by Crippen LogP contribution is 2.20. The Morgan fingerprint density at radius 1 is 0.962 bits per heavy atom. The van der Waals surface area contributed by atoms with Gasteiger partial charge in [0.1, 0.15) is 5.82 Å². The summed E-state index contributed by atoms with van der Waals surface area (Å²) in [6, 6.07) is 12.2. The van der Waals surface area contributed by atoms with Crippen LogP contribution in [0.25, 0.3) is 17.1 Å². The van der Waals surface area contributed by atoms with Crippen LogP contribution in [0, 0.1) is 6.92 Å². The highest BCUT2D eigenvalue weighted by molar-refractivity contribution is 5.57. The van der Waals surface area contributed by atoms with Gasteiger partial charge in [-0.1, -0.05) is 30.3 Å². The minimum atomic E-state index is 0.591. The number of hydrogen-bond acceptors (Lipinski definition) is 5. The first-order valence-electron chi connectivity index (χ1n) is 8.35. The summed E-state index contributed by atoms with van der Waals surface area (Å²) in [5, 5.41) is 3.23. The summed E-state index contributed by atoms with van der Waals surface area (Å²) in [4.78, 5) is 17.5. The third-order valence-electron chi connectivity index (χ3n) is 3.98. The van der Waals surface area contributed by atoms with E-state index in [-0.39, 0.29) is 0 Å². The monoisotopic (exact) mass is 342 g/mol. The Labute approximate surface area is 151 Å². The molecule has 128 valence electrons. The number of aromatic nitrogens is 5. The van der Waals surface area contributed by atoms with Crippen LogP contribution in [-0.4, -0.2) is 24.5 Å². The lowest BCUT2D eigenvalue weighted by molar-refractivity contribution is 1.02. The third-order valence-corrected chi connectivity index (χ3v) is 3.98. The van der Waals surface area contributed by atoms with Crippen LogP contribution in [0.1, 0.15) is 11.1 Å². The van der Waals surface area contributed by atoms with Crippen LogP contribution in [0.4, 0.5) is 5.95 Å². The lowest BCUT2D eigenvalue weighted by Gasteiger charge is -2.09. The molecule has 0 fully saturated rings. The molecule has 6 nitrogen and oxygen atoms in total. The van der Waals surface area contributed by atoms with Gasteiger partial charge in [-0.05, 0) is 24.1 Å². The molecule has 0 saturated heterocycles. The predicted octanol–water partition coefficient (Wildman–Crippen LogP) is 3.64. The van der Waals surface area contributed by atoms with E-state index in [9.17, 15) is 0 Å². The van der Waals surface area contributed by atoms with E-state index in [1.807, 2.05) is 48.3 Å². The van der Waals surface area contributed by atoms with Crippen LogP contribution < -0.4 is 5.32 Å². The molecule has 0 saturated carbocycles. The molecule has 0 amide bonds. The maximum absolute atomic E-state index is 4.45. The normalized spacial score (nSPS) is 10.7. The van der Waals surface area contributed by atoms with Crippen LogP contribution in [0.3, 0.4) is 0 Å². The van der Waals surface area contributed by atoms with Crippen molar-refractivity contribution in [1.29, 1.82) is 0 Å². The number of imidazole rings is 1. The topological polar surface area (TPSA) is 68.5 Å². The van der Waals surface area contributed by atoms with Crippen LogP contribution in [0.5, 0.6) is 0 Å². The largest absolute Gasteiger partial charge is 0.350 e. The van der Waals surface area contributed by atoms with Gasteiger partial charge in [-0.2, -0.15) is 0 Å². The summed E-state index contributed by atoms with van der Waals surface area (Å²) in [5.74, 6) is 1.37. The molecule has 0 unspecified atom stereocenters. The first-order chi connectivity index (χ1) is 12.8. The molecule has 0 spiro atoms. The third kappa shape index (κ3) is 3.44. The van der Waals surface area contributed by atoms with Crippen LogP contribution in [0.15, 0.2) is 73.6 Å². The summed E-state index contributed by atoms with van der Waals surface area (Å²) in [6.07, 6.45) is 10.9. The van der Waals surface area contributed by atoms with Gasteiger partial charge < -0.3 is 5.32 Å². The van der Waals surface area contributed by atoms with Gasteiger partial charge in [-0.25, -0.2) is 15.0 Å². The van der Waals surface area contributed by atoms with Gasteiger partial charge in [0, 0.05) is 37.5 Å². The zero-order valence-electron chi connectivity index (χ0n) is 14.4. The van der Waals surface area contributed by atoms with Gasteiger partial charge in [-0.15, -0.1) is 0 Å². The van der Waals surface area contributed by atoms with Crippen molar-refractivity contribution in [3.63, 3.8) is 0 Å². The highest BCUT2D eigenvalue weighted by atomic mass is 15.1. The molecule has 0 atom stereocenters. The lowest BCUT2D eigenvalue weighted by Crippen LogP contribution is -2.04. The van der Waals surface area contributed by atoms with Crippen LogP contribution in [0.2, 0.25) is 0 Å². The zero-order valence-corrected chi connectivity index (χ0v) is 14.4. The second kappa shape index (κ2) is 7.14. The van der Waals surface area contributed by atoms with Gasteiger partial charge >= 0.3 is 0 Å². The Bertz CT molecular complexity index is 992. The van der Waals surface area contributed by atoms with Gasteiger partial charge in [0.2, 0.25) is 5.95 Å². The van der Waals surface area contributed by atoms with Crippen molar-refractivity contribution in [2.24, 2.45) is 0 Å². The predicted molar refractivity (Wildman–Crippen MR) is 101 cm³/mol. The number of rotatable bonds is 5. The fraction of sp³-hybridized carbons (Fsp3) is 0.100. The first-order valence-corrected chi connectivity index (χ1v) is 8.35. The molecule has 1 aromatic carbocycles. The second-order valence-corrected chi connectivity index (χ2v) is 5.98. The summed E-state index contributed by atoms with van der Waals surface area (Å²) >= 11 is 0. The molecule has 6 heteroatoms. The van der Waals surface area contributed by atoms with Crippen molar-refractivity contribution in [2.45, 2.75) is 13.5 Å². The van der Waals surface area contributed by atoms with Crippen molar-refractivity contribution in [3.8, 4) is 17.1 Å². The van der Waals surface area contributed by atoms with E-state index in [0.717, 1.165) is 22.6 Å². The van der Waals surface area contributed by atoms with Crippen molar-refractivity contribution in [2.75, 3.05) is 5.32 Å². The van der Waals surface area contributed by atoms with Crippen LogP contribution in [-0.2, 0) is 6.54 Å². The van der Waals surface area contributed by atoms with E-state index in [0.29, 0.717) is 12.5 Å². The van der Waals surface area contributed by atoms with Crippen molar-refractivity contribution in [3.05, 3.63) is 84.7 Å². The Balaban J connectivity index is 1.54. The van der Waals surface area contributed by atoms with Crippen LogP contribution >= 0.6 is 0 Å². The number of benzene rings is 1. The molecule has 0 radical (unpaired) electrons. The summed E-state index contributed by atoms with van der Waals surface area (Å²) in [7, 11) is 0. The maximum atomic E-state index is 4.45. The smallest absolute Gasteiger partial charge is 0.222 e. The fourth-order valence-corrected chi connectivity index (χ4v) is 2.71. The van der Waals surface area contributed by atoms with E-state index >= 15 is 0 Å². The minimum absolute atomic E-state index is 0.591. The SMILES string of the molecule is Cc1cncc(-n2ccnc2-c2cnc(NCc3ccccc3)nc2)c1. The molecule has 1 N–H and O–H groups in total. The average Bonchev–Trinajstić information content (AvgIpc) is 3.17. The molecular weight excluding hydrogens is 324 g/mol. The molecule has 0 aliphatic heterocycles. The number of hydrogen-bond donors (Lipinski definition) is 1. The molecule has 4 rings (SSSR count). The Hall–Kier alpha value is -3.54. The molecular formula is C20H18N6. The van der Waals surface area contributed by atoms with Gasteiger partial charge in [0.25, 0.3) is 0 Å². The number of aryl methyl sites for hydroxylation is 1. The van der Waals surface area contributed by atoms with E-state index in [2.05, 4.69) is 43.5 Å². The molecule has 4 aromatic rings. The van der Waals surface area contributed by atoms with E-state index in [1.54, 1.807) is 18.6 Å². The quantitative estimate of drug-likeness (QED) is 0.600. The number of anilines is 1. The first kappa shape index (κ1) is 16.0. The van der Waals surface area contributed by atoms with E-state index in [1.165, 1.54) is 5.56 Å². The molecule has 3 aromatic heterocycles. The number of nitrogens with zero attached hydrogens (tertiary/aromatic N) is 5. The molecule has 0 aliphatic rings. The number of nitrogens with one attached hydrogen (secondary N) is 1. The average molecular weight is 342 g/mol. The maximum Gasteiger partial charge on any atom is 0.222 e. The van der Waals surface area contributed by atoms with Crippen molar-refractivity contribution in [1.82, 2.24) is 24.5 Å². The summed E-state index contributed by atoms with van der Waals surface area (Å²) < 4.78 is 1.98. The van der Waals surface area contributed by atoms with Crippen molar-refractivity contribution < 1.29 is 0 Å². The Kier molecular flexibility index (Phi) is 4.38. The van der Waals surface area contributed by atoms with E-state index in [4.69, 9.17) is 0 Å². The fourth-order valence-electron chi connectivity index (χ4n) is 2.71. The van der Waals surface area contributed by atoms with Gasteiger partial charge in [-0.3, -0.25) is 9.55 Å².